The van der Waals surface area contributed by atoms with Gasteiger partial charge in [0.1, 0.15) is 0 Å². The van der Waals surface area contributed by atoms with Crippen molar-refractivity contribution >= 4 is 20.7 Å². The van der Waals surface area contributed by atoms with E-state index in [-0.39, 0.29) is 0 Å². The lowest BCUT2D eigenvalue weighted by Crippen LogP contribution is -2.05. The number of hydrogen-bond acceptors (Lipinski definition) is 3. The summed E-state index contributed by atoms with van der Waals surface area (Å²) < 4.78 is 24.5. The molecule has 0 aliphatic heterocycles. The molecule has 2 aromatic carbocycles. The maximum absolute atomic E-state index is 12.3. The van der Waals surface area contributed by atoms with Crippen LogP contribution in [0.2, 0.25) is 0 Å². The van der Waals surface area contributed by atoms with Crippen LogP contribution in [0.3, 0.4) is 0 Å². The zero-order chi connectivity index (χ0) is 15.0. The predicted octanol–water partition coefficient (Wildman–Crippen LogP) is 3.61. The summed E-state index contributed by atoms with van der Waals surface area (Å²) in [6.07, 6.45) is 1.23. The number of fused-ring (bicyclic) bond motifs is 1. The van der Waals surface area contributed by atoms with Gasteiger partial charge in [-0.15, -0.1) is 0 Å². The van der Waals surface area contributed by atoms with Crippen LogP contribution in [0.4, 0.5) is 0 Å². The van der Waals surface area contributed by atoms with E-state index in [0.29, 0.717) is 10.6 Å². The zero-order valence-corrected chi connectivity index (χ0v) is 12.7. The third-order valence-electron chi connectivity index (χ3n) is 3.51. The summed E-state index contributed by atoms with van der Waals surface area (Å²) in [7, 11) is -3.37. The second-order valence-corrected chi connectivity index (χ2v) is 7.02. The van der Waals surface area contributed by atoms with Gasteiger partial charge in [0.15, 0.2) is 9.84 Å². The number of para-hydroxylation sites is 1. The number of pyridine rings is 1. The monoisotopic (exact) mass is 297 g/mol. The number of aromatic nitrogens is 1. The van der Waals surface area contributed by atoms with Gasteiger partial charge in [-0.1, -0.05) is 48.5 Å². The van der Waals surface area contributed by atoms with Crippen LogP contribution < -0.4 is 0 Å². The molecule has 3 nitrogen and oxygen atoms in total. The largest absolute Gasteiger partial charge is 0.246 e. The Bertz CT molecular complexity index is 916. The molecule has 0 aliphatic rings. The molecule has 3 rings (SSSR count). The Hall–Kier alpha value is -2.20. The molecule has 3 aromatic rings. The van der Waals surface area contributed by atoms with E-state index in [1.54, 1.807) is 0 Å². The number of benzene rings is 2. The van der Waals surface area contributed by atoms with Gasteiger partial charge >= 0.3 is 0 Å². The summed E-state index contributed by atoms with van der Waals surface area (Å²) >= 11 is 0. The van der Waals surface area contributed by atoms with Gasteiger partial charge in [0.25, 0.3) is 0 Å². The molecule has 106 valence electrons. The summed E-state index contributed by atoms with van der Waals surface area (Å²) in [5, 5.41) is 0.873. The highest BCUT2D eigenvalue weighted by molar-refractivity contribution is 7.91. The molecular formula is C17H15NO2S. The Morgan fingerprint density at radius 1 is 0.905 bits per heavy atom. The van der Waals surface area contributed by atoms with Crippen molar-refractivity contribution in [2.24, 2.45) is 0 Å². The quantitative estimate of drug-likeness (QED) is 0.726. The number of hydrogen-bond donors (Lipinski definition) is 0. The topological polar surface area (TPSA) is 47.0 Å². The molecule has 0 radical (unpaired) electrons. The van der Waals surface area contributed by atoms with Crippen molar-refractivity contribution in [2.75, 3.05) is 6.26 Å². The van der Waals surface area contributed by atoms with Crippen LogP contribution in [-0.2, 0) is 9.84 Å². The van der Waals surface area contributed by atoms with E-state index in [4.69, 9.17) is 0 Å². The Balaban J connectivity index is 2.48. The van der Waals surface area contributed by atoms with Crippen molar-refractivity contribution < 1.29 is 8.42 Å². The Morgan fingerprint density at radius 2 is 1.52 bits per heavy atom. The van der Waals surface area contributed by atoms with Gasteiger partial charge < -0.3 is 0 Å². The van der Waals surface area contributed by atoms with Gasteiger partial charge in [0.05, 0.1) is 16.1 Å². The Morgan fingerprint density at radius 3 is 2.19 bits per heavy atom. The van der Waals surface area contributed by atoms with Gasteiger partial charge in [-0.05, 0) is 18.6 Å². The van der Waals surface area contributed by atoms with Crippen molar-refractivity contribution in [3.63, 3.8) is 0 Å². The van der Waals surface area contributed by atoms with Crippen LogP contribution in [0, 0.1) is 6.92 Å². The summed E-state index contributed by atoms with van der Waals surface area (Å²) in [6, 6.07) is 17.0. The van der Waals surface area contributed by atoms with E-state index in [1.165, 1.54) is 6.26 Å². The number of aryl methyl sites for hydroxylation is 1. The molecule has 0 atom stereocenters. The lowest BCUT2D eigenvalue weighted by molar-refractivity contribution is 0.601. The molecule has 0 aliphatic carbocycles. The molecule has 0 saturated heterocycles. The van der Waals surface area contributed by atoms with E-state index >= 15 is 0 Å². The van der Waals surface area contributed by atoms with Crippen LogP contribution >= 0.6 is 0 Å². The molecule has 4 heteroatoms. The fourth-order valence-corrected chi connectivity index (χ4v) is 3.79. The Labute approximate surface area is 124 Å². The fraction of sp³-hybridized carbons (Fsp3) is 0.118. The van der Waals surface area contributed by atoms with E-state index in [9.17, 15) is 8.42 Å². The molecular weight excluding hydrogens is 282 g/mol. The highest BCUT2D eigenvalue weighted by Crippen LogP contribution is 2.32. The molecule has 0 saturated carbocycles. The van der Waals surface area contributed by atoms with Gasteiger partial charge in [0.2, 0.25) is 0 Å². The Kier molecular flexibility index (Phi) is 3.26. The van der Waals surface area contributed by atoms with E-state index < -0.39 is 9.84 Å². The van der Waals surface area contributed by atoms with Crippen molar-refractivity contribution in [1.29, 1.82) is 0 Å². The zero-order valence-electron chi connectivity index (χ0n) is 11.9. The minimum absolute atomic E-state index is 0.312. The van der Waals surface area contributed by atoms with Crippen LogP contribution in [0.25, 0.3) is 22.2 Å². The SMILES string of the molecule is Cc1c(S(C)(=O)=O)c(-c2ccccc2)nc2ccccc12. The predicted molar refractivity (Wildman–Crippen MR) is 85.0 cm³/mol. The van der Waals surface area contributed by atoms with Gasteiger partial charge in [-0.25, -0.2) is 13.4 Å². The number of sulfone groups is 1. The standard InChI is InChI=1S/C17H15NO2S/c1-12-14-10-6-7-11-15(14)18-16(17(12)21(2,19)20)13-8-4-3-5-9-13/h3-11H,1-2H3. The second kappa shape index (κ2) is 4.97. The fourth-order valence-electron chi connectivity index (χ4n) is 2.60. The molecule has 0 spiro atoms. The minimum Gasteiger partial charge on any atom is -0.246 e. The summed E-state index contributed by atoms with van der Waals surface area (Å²) in [5.41, 5.74) is 2.89. The molecule has 1 heterocycles. The first-order valence-electron chi connectivity index (χ1n) is 6.63. The molecule has 0 unspecified atom stereocenters. The van der Waals surface area contributed by atoms with Crippen molar-refractivity contribution in [2.45, 2.75) is 11.8 Å². The lowest BCUT2D eigenvalue weighted by Gasteiger charge is -2.13. The highest BCUT2D eigenvalue weighted by atomic mass is 32.2. The van der Waals surface area contributed by atoms with E-state index in [0.717, 1.165) is 22.0 Å². The smallest absolute Gasteiger partial charge is 0.177 e. The molecule has 0 fully saturated rings. The third-order valence-corrected chi connectivity index (χ3v) is 4.76. The molecule has 0 bridgehead atoms. The summed E-state index contributed by atoms with van der Waals surface area (Å²) in [4.78, 5) is 4.91. The van der Waals surface area contributed by atoms with Crippen molar-refractivity contribution in [3.05, 3.63) is 60.2 Å². The first kappa shape index (κ1) is 13.8. The average Bonchev–Trinajstić information content (AvgIpc) is 2.46. The third kappa shape index (κ3) is 2.43. The average molecular weight is 297 g/mol. The summed E-state index contributed by atoms with van der Waals surface area (Å²) in [5.74, 6) is 0. The van der Waals surface area contributed by atoms with Crippen LogP contribution in [-0.4, -0.2) is 19.7 Å². The number of rotatable bonds is 2. The second-order valence-electron chi connectivity index (χ2n) is 5.07. The van der Waals surface area contributed by atoms with Crippen LogP contribution in [0.1, 0.15) is 5.56 Å². The highest BCUT2D eigenvalue weighted by Gasteiger charge is 2.21. The molecule has 0 amide bonds. The van der Waals surface area contributed by atoms with Crippen LogP contribution in [0.5, 0.6) is 0 Å². The van der Waals surface area contributed by atoms with Crippen molar-refractivity contribution in [3.8, 4) is 11.3 Å². The minimum atomic E-state index is -3.37. The molecule has 21 heavy (non-hydrogen) atoms. The van der Waals surface area contributed by atoms with E-state index in [1.807, 2.05) is 61.5 Å². The first-order chi connectivity index (χ1) is 9.98. The van der Waals surface area contributed by atoms with Gasteiger partial charge in [-0.2, -0.15) is 0 Å². The van der Waals surface area contributed by atoms with Crippen LogP contribution in [0.15, 0.2) is 59.5 Å². The maximum atomic E-state index is 12.3. The van der Waals surface area contributed by atoms with Crippen molar-refractivity contribution in [1.82, 2.24) is 4.98 Å². The maximum Gasteiger partial charge on any atom is 0.177 e. The van der Waals surface area contributed by atoms with E-state index in [2.05, 4.69) is 4.98 Å². The summed E-state index contributed by atoms with van der Waals surface area (Å²) in [6.45, 7) is 1.84. The first-order valence-corrected chi connectivity index (χ1v) is 8.52. The van der Waals surface area contributed by atoms with Gasteiger partial charge in [-0.3, -0.25) is 0 Å². The van der Waals surface area contributed by atoms with Gasteiger partial charge in [0, 0.05) is 17.2 Å². The molecule has 0 N–H and O–H groups in total. The lowest BCUT2D eigenvalue weighted by atomic mass is 10.0. The molecule has 1 aromatic heterocycles. The number of nitrogens with zero attached hydrogens (tertiary/aromatic N) is 1. The normalized spacial score (nSPS) is 11.7.